The molecule has 0 saturated carbocycles. The van der Waals surface area contributed by atoms with Gasteiger partial charge in [0.25, 0.3) is 0 Å². The summed E-state index contributed by atoms with van der Waals surface area (Å²) < 4.78 is 5.05. The zero-order chi connectivity index (χ0) is 43.1. The third-order valence-corrected chi connectivity index (χ3v) is 14.6. The molecule has 0 fully saturated rings. The van der Waals surface area contributed by atoms with Crippen LogP contribution in [0.4, 0.5) is 34.1 Å². The minimum absolute atomic E-state index is 1.15. The Balaban J connectivity index is 1.02. The van der Waals surface area contributed by atoms with Crippen molar-refractivity contribution in [1.82, 2.24) is 8.80 Å². The van der Waals surface area contributed by atoms with Gasteiger partial charge in [-0.3, -0.25) is 0 Å². The van der Waals surface area contributed by atoms with Gasteiger partial charge in [-0.15, -0.1) is 0 Å². The molecule has 0 N–H and O–H groups in total. The first-order valence-corrected chi connectivity index (χ1v) is 22.4. The molecule has 4 heterocycles. The average molecular weight is 823 g/mol. The van der Waals surface area contributed by atoms with Gasteiger partial charge >= 0.3 is 0 Å². The first-order valence-electron chi connectivity index (χ1n) is 22.4. The summed E-state index contributed by atoms with van der Waals surface area (Å²) in [5.41, 5.74) is 22.3. The first-order chi connectivity index (χ1) is 31.2. The number of rotatable bonds is 6. The third kappa shape index (κ3) is 5.05. The third-order valence-electron chi connectivity index (χ3n) is 14.6. The predicted molar refractivity (Wildman–Crippen MR) is 274 cm³/mol. The molecule has 4 nitrogen and oxygen atoms in total. The summed E-state index contributed by atoms with van der Waals surface area (Å²) >= 11 is 0. The van der Waals surface area contributed by atoms with Crippen LogP contribution in [-0.4, -0.2) is 8.80 Å². The van der Waals surface area contributed by atoms with Crippen LogP contribution in [0.3, 0.4) is 0 Å². The van der Waals surface area contributed by atoms with Crippen LogP contribution in [0, 0.1) is 41.5 Å². The molecule has 13 aromatic rings. The van der Waals surface area contributed by atoms with Crippen molar-refractivity contribution >= 4 is 110 Å². The quantitative estimate of drug-likeness (QED) is 0.166. The van der Waals surface area contributed by atoms with Gasteiger partial charge in [0.15, 0.2) is 0 Å². The van der Waals surface area contributed by atoms with Crippen LogP contribution in [0.2, 0.25) is 0 Å². The Hall–Kier alpha value is -7.82. The molecule has 0 spiro atoms. The Labute approximate surface area is 372 Å². The smallest absolute Gasteiger partial charge is 0.0620 e. The molecule has 13 rings (SSSR count). The summed E-state index contributed by atoms with van der Waals surface area (Å²) in [5, 5.41) is 10.2. The SMILES string of the molecule is Cc1cc(N(c2ccccc2)c2ccc3c(c2)c2cccc4c5cc6c(cc5n3c24)c2cccc3c4cc(N(c5ccccc5)c5cc(C)c(C)c(C)c5)ccc4n6c32)cc(C)c1C. The van der Waals surface area contributed by atoms with Gasteiger partial charge in [0.2, 0.25) is 0 Å². The summed E-state index contributed by atoms with van der Waals surface area (Å²) in [6, 6.07) is 63.6. The molecule has 64 heavy (non-hydrogen) atoms. The highest BCUT2D eigenvalue weighted by molar-refractivity contribution is 6.29. The maximum atomic E-state index is 2.53. The zero-order valence-electron chi connectivity index (χ0n) is 37.0. The van der Waals surface area contributed by atoms with Gasteiger partial charge in [0.05, 0.1) is 33.1 Å². The van der Waals surface area contributed by atoms with Crippen molar-refractivity contribution in [2.75, 3.05) is 9.80 Å². The molecular weight excluding hydrogens is 777 g/mol. The highest BCUT2D eigenvalue weighted by atomic mass is 15.1. The minimum atomic E-state index is 1.15. The van der Waals surface area contributed by atoms with E-state index >= 15 is 0 Å². The second-order valence-electron chi connectivity index (χ2n) is 18.1. The zero-order valence-corrected chi connectivity index (χ0v) is 37.0. The van der Waals surface area contributed by atoms with E-state index in [1.165, 1.54) is 121 Å². The van der Waals surface area contributed by atoms with Gasteiger partial charge in [-0.2, -0.15) is 0 Å². The number of hydrogen-bond acceptors (Lipinski definition) is 2. The summed E-state index contributed by atoms with van der Waals surface area (Å²) in [5.74, 6) is 0. The summed E-state index contributed by atoms with van der Waals surface area (Å²) in [6.45, 7) is 13.3. The van der Waals surface area contributed by atoms with E-state index in [0.29, 0.717) is 0 Å². The lowest BCUT2D eigenvalue weighted by Gasteiger charge is -2.27. The van der Waals surface area contributed by atoms with Crippen molar-refractivity contribution in [3.63, 3.8) is 0 Å². The number of fused-ring (bicyclic) bond motifs is 12. The molecule has 0 aliphatic rings. The molecule has 0 atom stereocenters. The standard InChI is InChI=1S/C60H46N4/c1-35-27-45(28-36(2)39(35)5)61(41-15-9-7-10-16-41)43-23-25-55-51(31-43)47-19-13-21-49-53-34-58-54(33-57(53)63(55)59(47)49)50-22-14-20-48-52-32-44(24-26-56(52)64(58)60(48)50)62(42-17-11-8-12-18-42)46-29-37(3)40(6)38(4)30-46/h7-34H,1-6H3. The Morgan fingerprint density at radius 2 is 0.609 bits per heavy atom. The molecular formula is C60H46N4. The number of para-hydroxylation sites is 4. The van der Waals surface area contributed by atoms with Gasteiger partial charge in [0.1, 0.15) is 0 Å². The van der Waals surface area contributed by atoms with Crippen LogP contribution < -0.4 is 9.80 Å². The van der Waals surface area contributed by atoms with Crippen LogP contribution >= 0.6 is 0 Å². The van der Waals surface area contributed by atoms with Gasteiger partial charge in [-0.1, -0.05) is 72.8 Å². The van der Waals surface area contributed by atoms with Gasteiger partial charge < -0.3 is 18.6 Å². The molecule has 0 saturated heterocycles. The van der Waals surface area contributed by atoms with Crippen molar-refractivity contribution in [2.24, 2.45) is 0 Å². The second kappa shape index (κ2) is 13.3. The van der Waals surface area contributed by atoms with Gasteiger partial charge in [-0.05, 0) is 172 Å². The lowest BCUT2D eigenvalue weighted by atomic mass is 10.0. The number of benzene rings is 9. The maximum absolute atomic E-state index is 2.53. The fraction of sp³-hybridized carbons (Fsp3) is 0.100. The van der Waals surface area contributed by atoms with E-state index in [0.717, 1.165) is 22.7 Å². The van der Waals surface area contributed by atoms with E-state index < -0.39 is 0 Å². The maximum Gasteiger partial charge on any atom is 0.0620 e. The molecule has 0 aliphatic heterocycles. The van der Waals surface area contributed by atoms with E-state index in [-0.39, 0.29) is 0 Å². The van der Waals surface area contributed by atoms with E-state index in [1.54, 1.807) is 0 Å². The predicted octanol–water partition coefficient (Wildman–Crippen LogP) is 16.8. The minimum Gasteiger partial charge on any atom is -0.310 e. The highest BCUT2D eigenvalue weighted by Gasteiger charge is 2.25. The first kappa shape index (κ1) is 36.8. The average Bonchev–Trinajstić information content (AvgIpc) is 4.03. The van der Waals surface area contributed by atoms with Gasteiger partial charge in [-0.25, -0.2) is 0 Å². The lowest BCUT2D eigenvalue weighted by Crippen LogP contribution is -2.10. The molecule has 0 amide bonds. The van der Waals surface area contributed by atoms with E-state index in [9.17, 15) is 0 Å². The molecule has 4 aromatic heterocycles. The summed E-state index contributed by atoms with van der Waals surface area (Å²) in [7, 11) is 0. The molecule has 0 bridgehead atoms. The number of nitrogens with zero attached hydrogens (tertiary/aromatic N) is 4. The van der Waals surface area contributed by atoms with Crippen molar-refractivity contribution in [2.45, 2.75) is 41.5 Å². The number of anilines is 6. The molecule has 0 radical (unpaired) electrons. The normalized spacial score (nSPS) is 12.2. The number of aryl methyl sites for hydroxylation is 4. The van der Waals surface area contributed by atoms with Crippen LogP contribution in [0.5, 0.6) is 0 Å². The van der Waals surface area contributed by atoms with E-state index in [4.69, 9.17) is 0 Å². The largest absolute Gasteiger partial charge is 0.310 e. The number of hydrogen-bond donors (Lipinski definition) is 0. The summed E-state index contributed by atoms with van der Waals surface area (Å²) in [4.78, 5) is 4.81. The molecule has 0 unspecified atom stereocenters. The highest BCUT2D eigenvalue weighted by Crippen LogP contribution is 2.47. The molecule has 4 heteroatoms. The second-order valence-corrected chi connectivity index (χ2v) is 18.1. The fourth-order valence-electron chi connectivity index (χ4n) is 11.0. The molecule has 0 aliphatic carbocycles. The van der Waals surface area contributed by atoms with Crippen molar-refractivity contribution in [1.29, 1.82) is 0 Å². The lowest BCUT2D eigenvalue weighted by molar-refractivity contribution is 1.22. The van der Waals surface area contributed by atoms with Crippen molar-refractivity contribution in [3.8, 4) is 0 Å². The Morgan fingerprint density at radius 3 is 0.969 bits per heavy atom. The van der Waals surface area contributed by atoms with Crippen LogP contribution in [0.1, 0.15) is 33.4 Å². The molecule has 306 valence electrons. The topological polar surface area (TPSA) is 15.3 Å². The van der Waals surface area contributed by atoms with E-state index in [1.807, 2.05) is 0 Å². The van der Waals surface area contributed by atoms with Gasteiger partial charge in [0, 0.05) is 77.2 Å². The van der Waals surface area contributed by atoms with Crippen LogP contribution in [-0.2, 0) is 0 Å². The van der Waals surface area contributed by atoms with E-state index in [2.05, 4.69) is 230 Å². The Morgan fingerprint density at radius 1 is 0.266 bits per heavy atom. The van der Waals surface area contributed by atoms with Crippen LogP contribution in [0.25, 0.3) is 76.2 Å². The Kier molecular flexibility index (Phi) is 7.67. The monoisotopic (exact) mass is 822 g/mol. The van der Waals surface area contributed by atoms with Crippen molar-refractivity contribution < 1.29 is 0 Å². The number of aromatic nitrogens is 2. The Bertz CT molecular complexity index is 3710. The molecule has 9 aromatic carbocycles. The fourth-order valence-corrected chi connectivity index (χ4v) is 11.0. The van der Waals surface area contributed by atoms with Crippen LogP contribution in [0.15, 0.2) is 170 Å². The summed E-state index contributed by atoms with van der Waals surface area (Å²) in [6.07, 6.45) is 0. The van der Waals surface area contributed by atoms with Crippen molar-refractivity contribution in [3.05, 3.63) is 203 Å².